The second-order valence-corrected chi connectivity index (χ2v) is 13.7. The average Bonchev–Trinajstić information content (AvgIpc) is 3.52. The van der Waals surface area contributed by atoms with Crippen LogP contribution in [-0.2, 0) is 24.6 Å². The van der Waals surface area contributed by atoms with E-state index in [0.29, 0.717) is 33.3 Å². The monoisotopic (exact) mass is 684 g/mol. The predicted octanol–water partition coefficient (Wildman–Crippen LogP) is 7.06. The van der Waals surface area contributed by atoms with Crippen molar-refractivity contribution in [2.75, 3.05) is 16.9 Å². The molecule has 1 saturated carbocycles. The highest BCUT2D eigenvalue weighted by Crippen LogP contribution is 2.66. The van der Waals surface area contributed by atoms with Gasteiger partial charge < -0.3 is 9.84 Å². The number of amides is 4. The zero-order valence-electron chi connectivity index (χ0n) is 27.2. The number of fused-ring (bicyclic) bond motifs is 4. The number of anilines is 2. The molecule has 2 saturated heterocycles. The van der Waals surface area contributed by atoms with Crippen LogP contribution in [0.1, 0.15) is 35.4 Å². The number of hydrogen-bond donors (Lipinski definition) is 1. The summed E-state index contributed by atoms with van der Waals surface area (Å²) in [6, 6.07) is 27.8. The first-order valence-corrected chi connectivity index (χ1v) is 17.0. The van der Waals surface area contributed by atoms with Crippen LogP contribution in [0.3, 0.4) is 0 Å². The van der Waals surface area contributed by atoms with Gasteiger partial charge in [-0.25, -0.2) is 4.90 Å². The SMILES string of the molecule is C=Cc1ccc(N2C(=O)C3CC=C4C(CC5C(=O)N(c6cccc(Cl)c6)C(=O)C5(c5ccccc5)C4c4c(O)cccc4OC)C3C2=O)cc1. The fourth-order valence-corrected chi connectivity index (χ4v) is 9.26. The van der Waals surface area contributed by atoms with E-state index in [9.17, 15) is 19.5 Å². The average molecular weight is 685 g/mol. The molecule has 250 valence electrons. The fraction of sp³-hybridized carbons (Fsp3) is 0.220. The van der Waals surface area contributed by atoms with Crippen LogP contribution < -0.4 is 14.5 Å². The molecule has 0 spiro atoms. The normalized spacial score (nSPS) is 27.1. The Labute approximate surface area is 294 Å². The zero-order valence-corrected chi connectivity index (χ0v) is 27.9. The van der Waals surface area contributed by atoms with Gasteiger partial charge in [0, 0.05) is 16.5 Å². The van der Waals surface area contributed by atoms with Crippen molar-refractivity contribution in [2.24, 2.45) is 23.7 Å². The van der Waals surface area contributed by atoms with Crippen molar-refractivity contribution in [1.29, 1.82) is 0 Å². The first-order chi connectivity index (χ1) is 24.2. The van der Waals surface area contributed by atoms with Gasteiger partial charge in [-0.1, -0.05) is 90.5 Å². The van der Waals surface area contributed by atoms with Gasteiger partial charge in [0.15, 0.2) is 0 Å². The Balaban J connectivity index is 1.36. The van der Waals surface area contributed by atoms with E-state index in [1.165, 1.54) is 23.0 Å². The number of methoxy groups -OCH3 is 1. The Hall–Kier alpha value is -5.47. The smallest absolute Gasteiger partial charge is 0.246 e. The minimum atomic E-state index is -1.53. The Morgan fingerprint density at radius 3 is 2.28 bits per heavy atom. The van der Waals surface area contributed by atoms with Gasteiger partial charge in [0.05, 0.1) is 41.7 Å². The minimum Gasteiger partial charge on any atom is -0.508 e. The van der Waals surface area contributed by atoms with Crippen molar-refractivity contribution >= 4 is 52.7 Å². The molecular weight excluding hydrogens is 652 g/mol. The van der Waals surface area contributed by atoms with Crippen LogP contribution in [-0.4, -0.2) is 35.8 Å². The van der Waals surface area contributed by atoms with Gasteiger partial charge in [0.1, 0.15) is 11.5 Å². The van der Waals surface area contributed by atoms with E-state index in [2.05, 4.69) is 6.58 Å². The van der Waals surface area contributed by atoms with Gasteiger partial charge in [-0.2, -0.15) is 0 Å². The molecule has 4 aromatic rings. The van der Waals surface area contributed by atoms with Crippen LogP contribution in [0.25, 0.3) is 6.08 Å². The first kappa shape index (κ1) is 31.8. The summed E-state index contributed by atoms with van der Waals surface area (Å²) in [5.41, 5.74) is 1.79. The number of nitrogens with zero attached hydrogens (tertiary/aromatic N) is 2. The third-order valence-electron chi connectivity index (χ3n) is 11.1. The lowest BCUT2D eigenvalue weighted by atomic mass is 9.49. The molecule has 0 radical (unpaired) electrons. The number of aromatic hydroxyl groups is 1. The van der Waals surface area contributed by atoms with E-state index >= 15 is 4.79 Å². The van der Waals surface area contributed by atoms with Crippen LogP contribution in [0.15, 0.2) is 115 Å². The Bertz CT molecular complexity index is 2130. The zero-order chi connectivity index (χ0) is 34.9. The third-order valence-corrected chi connectivity index (χ3v) is 11.3. The van der Waals surface area contributed by atoms with Crippen LogP contribution in [0.2, 0.25) is 5.02 Å². The van der Waals surface area contributed by atoms with Gasteiger partial charge in [-0.05, 0) is 72.4 Å². The number of carbonyl (C=O) groups excluding carboxylic acids is 4. The van der Waals surface area contributed by atoms with Crippen LogP contribution in [0.4, 0.5) is 11.4 Å². The molecule has 4 amide bonds. The van der Waals surface area contributed by atoms with Gasteiger partial charge in [0.2, 0.25) is 23.6 Å². The van der Waals surface area contributed by atoms with Gasteiger partial charge in [-0.15, -0.1) is 0 Å². The van der Waals surface area contributed by atoms with Gasteiger partial charge >= 0.3 is 0 Å². The van der Waals surface area contributed by atoms with E-state index in [1.807, 2.05) is 36.4 Å². The third kappa shape index (κ3) is 4.37. The molecule has 9 heteroatoms. The number of ether oxygens (including phenoxy) is 1. The molecule has 8 rings (SSSR count). The number of hydrogen-bond acceptors (Lipinski definition) is 6. The van der Waals surface area contributed by atoms with Crippen LogP contribution in [0, 0.1) is 23.7 Å². The Morgan fingerprint density at radius 1 is 0.840 bits per heavy atom. The van der Waals surface area contributed by atoms with E-state index in [-0.39, 0.29) is 30.4 Å². The predicted molar refractivity (Wildman–Crippen MR) is 190 cm³/mol. The molecule has 8 nitrogen and oxygen atoms in total. The topological polar surface area (TPSA) is 104 Å². The van der Waals surface area contributed by atoms with Gasteiger partial charge in [-0.3, -0.25) is 24.1 Å². The van der Waals surface area contributed by atoms with Crippen molar-refractivity contribution in [3.05, 3.63) is 137 Å². The summed E-state index contributed by atoms with van der Waals surface area (Å²) in [7, 11) is 1.49. The maximum absolute atomic E-state index is 15.4. The molecule has 3 fully saturated rings. The number of phenols is 1. The fourth-order valence-electron chi connectivity index (χ4n) is 9.07. The molecule has 0 aromatic heterocycles. The number of phenolic OH excluding ortho intramolecular Hbond substituents is 1. The summed E-state index contributed by atoms with van der Waals surface area (Å²) in [5.74, 6) is -5.21. The number of halogens is 1. The highest BCUT2D eigenvalue weighted by atomic mass is 35.5. The molecule has 2 aliphatic heterocycles. The highest BCUT2D eigenvalue weighted by Gasteiger charge is 2.71. The number of benzene rings is 4. The lowest BCUT2D eigenvalue weighted by molar-refractivity contribution is -0.127. The van der Waals surface area contributed by atoms with Crippen molar-refractivity contribution in [3.8, 4) is 11.5 Å². The van der Waals surface area contributed by atoms with E-state index in [1.54, 1.807) is 66.7 Å². The second kappa shape index (κ2) is 11.8. The van der Waals surface area contributed by atoms with E-state index < -0.39 is 46.8 Å². The quantitative estimate of drug-likeness (QED) is 0.172. The van der Waals surface area contributed by atoms with Crippen molar-refractivity contribution < 1.29 is 29.0 Å². The lowest BCUT2D eigenvalue weighted by Crippen LogP contribution is -2.53. The van der Waals surface area contributed by atoms with Crippen LogP contribution in [0.5, 0.6) is 11.5 Å². The number of rotatable bonds is 6. The first-order valence-electron chi connectivity index (χ1n) is 16.6. The van der Waals surface area contributed by atoms with E-state index in [4.69, 9.17) is 16.3 Å². The molecule has 4 aromatic carbocycles. The number of carbonyl (C=O) groups is 4. The second-order valence-electron chi connectivity index (χ2n) is 13.3. The van der Waals surface area contributed by atoms with E-state index in [0.717, 1.165) is 11.1 Å². The highest BCUT2D eigenvalue weighted by molar-refractivity contribution is 6.32. The standard InChI is InChI=1S/C41H33ClN2O6/c1-3-23-15-17-26(18-16-23)43-37(46)29-20-19-28-30(34(29)39(43)48)22-31-38(47)44(27-12-7-11-25(42)21-27)40(49)41(31,24-9-5-4-6-10-24)36(28)35-32(45)13-8-14-33(35)50-2/h3-19,21,29-31,34,36,45H,1,20,22H2,2H3. The molecule has 6 atom stereocenters. The molecule has 2 aliphatic carbocycles. The molecule has 50 heavy (non-hydrogen) atoms. The number of imide groups is 2. The van der Waals surface area contributed by atoms with Crippen LogP contribution >= 0.6 is 11.6 Å². The molecule has 2 heterocycles. The summed E-state index contributed by atoms with van der Waals surface area (Å²) in [5, 5.41) is 12.0. The molecule has 1 N–H and O–H groups in total. The minimum absolute atomic E-state index is 0.105. The summed E-state index contributed by atoms with van der Waals surface area (Å²) >= 11 is 6.39. The Kier molecular flexibility index (Phi) is 7.53. The largest absolute Gasteiger partial charge is 0.508 e. The molecule has 0 bridgehead atoms. The van der Waals surface area contributed by atoms with Crippen molar-refractivity contribution in [3.63, 3.8) is 0 Å². The van der Waals surface area contributed by atoms with Crippen molar-refractivity contribution in [2.45, 2.75) is 24.2 Å². The Morgan fingerprint density at radius 2 is 1.58 bits per heavy atom. The maximum Gasteiger partial charge on any atom is 0.246 e. The lowest BCUT2D eigenvalue weighted by Gasteiger charge is -2.51. The molecule has 4 aliphatic rings. The van der Waals surface area contributed by atoms with Gasteiger partial charge in [0.25, 0.3) is 0 Å². The summed E-state index contributed by atoms with van der Waals surface area (Å²) in [6.07, 6.45) is 4.04. The maximum atomic E-state index is 15.4. The summed E-state index contributed by atoms with van der Waals surface area (Å²) in [6.45, 7) is 3.79. The summed E-state index contributed by atoms with van der Waals surface area (Å²) in [4.78, 5) is 61.3. The van der Waals surface area contributed by atoms with Crippen molar-refractivity contribution in [1.82, 2.24) is 0 Å². The summed E-state index contributed by atoms with van der Waals surface area (Å²) < 4.78 is 5.85. The number of allylic oxidation sites excluding steroid dienone is 2. The molecular formula is C41H33ClN2O6. The molecule has 6 unspecified atom stereocenters.